The van der Waals surface area contributed by atoms with Crippen molar-refractivity contribution in [3.8, 4) is 0 Å². The highest BCUT2D eigenvalue weighted by Crippen LogP contribution is 2.20. The molecule has 0 aliphatic rings. The number of nitrogens with zero attached hydrogens (tertiary/aromatic N) is 2. The molecule has 1 N–H and O–H groups in total. The molecule has 0 aliphatic heterocycles. The van der Waals surface area contributed by atoms with Gasteiger partial charge in [-0.3, -0.25) is 4.79 Å². The number of ether oxygens (including phenoxy) is 1. The first-order chi connectivity index (χ1) is 12.8. The van der Waals surface area contributed by atoms with Gasteiger partial charge in [-0.15, -0.1) is 0 Å². The minimum atomic E-state index is -0.584. The number of anilines is 1. The van der Waals surface area contributed by atoms with Gasteiger partial charge < -0.3 is 10.1 Å². The quantitative estimate of drug-likeness (QED) is 0.633. The third-order valence-electron chi connectivity index (χ3n) is 4.11. The number of amides is 1. The van der Waals surface area contributed by atoms with Crippen LogP contribution in [0.1, 0.15) is 27.3 Å². The van der Waals surface area contributed by atoms with Crippen molar-refractivity contribution >= 4 is 44.5 Å². The van der Waals surface area contributed by atoms with Crippen LogP contribution in [0.4, 0.5) is 5.69 Å². The van der Waals surface area contributed by atoms with Crippen LogP contribution in [0.15, 0.2) is 40.9 Å². The van der Waals surface area contributed by atoms with E-state index in [2.05, 4.69) is 31.2 Å². The molecule has 0 fully saturated rings. The van der Waals surface area contributed by atoms with E-state index < -0.39 is 11.9 Å². The molecule has 1 amide bonds. The highest BCUT2D eigenvalue weighted by molar-refractivity contribution is 9.10. The van der Waals surface area contributed by atoms with Crippen LogP contribution in [0.5, 0.6) is 0 Å². The van der Waals surface area contributed by atoms with Crippen LogP contribution in [0.3, 0.4) is 0 Å². The number of aromatic nitrogens is 2. The molecule has 0 bridgehead atoms. The smallest absolute Gasteiger partial charge is 0.338 e. The van der Waals surface area contributed by atoms with Crippen LogP contribution in [-0.2, 0) is 9.53 Å². The van der Waals surface area contributed by atoms with E-state index in [4.69, 9.17) is 4.74 Å². The minimum Gasteiger partial charge on any atom is -0.452 e. The van der Waals surface area contributed by atoms with Crippen molar-refractivity contribution in [3.63, 3.8) is 0 Å². The third kappa shape index (κ3) is 4.49. The van der Waals surface area contributed by atoms with Gasteiger partial charge in [-0.05, 0) is 62.7 Å². The normalized spacial score (nSPS) is 10.7. The molecule has 1 heterocycles. The Bertz CT molecular complexity index is 1050. The molecule has 0 spiro atoms. The number of hydrogen-bond donors (Lipinski definition) is 1. The molecule has 0 unspecified atom stereocenters. The molecule has 0 radical (unpaired) electrons. The summed E-state index contributed by atoms with van der Waals surface area (Å²) >= 11 is 3.37. The van der Waals surface area contributed by atoms with Crippen LogP contribution >= 0.6 is 15.9 Å². The molecule has 3 aromatic rings. The second kappa shape index (κ2) is 7.84. The number of carbonyl (C=O) groups is 2. The summed E-state index contributed by atoms with van der Waals surface area (Å²) < 4.78 is 6.05. The second-order valence-corrected chi connectivity index (χ2v) is 7.10. The first kappa shape index (κ1) is 19.0. The Balaban J connectivity index is 1.65. The van der Waals surface area contributed by atoms with E-state index in [-0.39, 0.29) is 6.61 Å². The standard InChI is InChI=1S/C20H18BrN3O3/c1-11-8-15(21)5-7-16(11)24-19(25)10-27-20(26)14-4-6-17-18(9-14)23-13(3)12(2)22-17/h4-9H,10H2,1-3H3,(H,24,25). The lowest BCUT2D eigenvalue weighted by Gasteiger charge is -2.09. The fourth-order valence-electron chi connectivity index (χ4n) is 2.53. The van der Waals surface area contributed by atoms with Crippen LogP contribution < -0.4 is 5.32 Å². The van der Waals surface area contributed by atoms with Crippen molar-refractivity contribution in [3.05, 3.63) is 63.4 Å². The fraction of sp³-hybridized carbons (Fsp3) is 0.200. The zero-order chi connectivity index (χ0) is 19.6. The predicted molar refractivity (Wildman–Crippen MR) is 107 cm³/mol. The Hall–Kier alpha value is -2.80. The molecule has 3 rings (SSSR count). The number of aryl methyl sites for hydroxylation is 3. The van der Waals surface area contributed by atoms with Crippen LogP contribution in [0.2, 0.25) is 0 Å². The highest BCUT2D eigenvalue weighted by atomic mass is 79.9. The number of hydrogen-bond acceptors (Lipinski definition) is 5. The number of halogens is 1. The van der Waals surface area contributed by atoms with Gasteiger partial charge in [0, 0.05) is 10.2 Å². The molecule has 2 aromatic carbocycles. The molecule has 6 nitrogen and oxygen atoms in total. The Kier molecular flexibility index (Phi) is 5.51. The van der Waals surface area contributed by atoms with Crippen LogP contribution in [0, 0.1) is 20.8 Å². The first-order valence-corrected chi connectivity index (χ1v) is 9.11. The highest BCUT2D eigenvalue weighted by Gasteiger charge is 2.13. The maximum Gasteiger partial charge on any atom is 0.338 e. The number of fused-ring (bicyclic) bond motifs is 1. The number of benzene rings is 2. The Morgan fingerprint density at radius 3 is 2.41 bits per heavy atom. The molecular weight excluding hydrogens is 410 g/mol. The van der Waals surface area contributed by atoms with Gasteiger partial charge in [0.05, 0.1) is 28.0 Å². The largest absolute Gasteiger partial charge is 0.452 e. The van der Waals surface area contributed by atoms with E-state index in [9.17, 15) is 9.59 Å². The molecule has 7 heteroatoms. The van der Waals surface area contributed by atoms with Crippen LogP contribution in [0.25, 0.3) is 11.0 Å². The Labute approximate surface area is 165 Å². The lowest BCUT2D eigenvalue weighted by molar-refractivity contribution is -0.119. The lowest BCUT2D eigenvalue weighted by atomic mass is 10.2. The number of esters is 1. The van der Waals surface area contributed by atoms with Crippen LogP contribution in [-0.4, -0.2) is 28.5 Å². The number of nitrogens with one attached hydrogen (secondary N) is 1. The van der Waals surface area contributed by atoms with Gasteiger partial charge in [0.25, 0.3) is 5.91 Å². The van der Waals surface area contributed by atoms with Gasteiger partial charge in [-0.25, -0.2) is 14.8 Å². The number of carbonyl (C=O) groups excluding carboxylic acids is 2. The van der Waals surface area contributed by atoms with Gasteiger partial charge in [0.1, 0.15) is 0 Å². The van der Waals surface area contributed by atoms with Crippen molar-refractivity contribution in [2.75, 3.05) is 11.9 Å². The second-order valence-electron chi connectivity index (χ2n) is 6.18. The number of rotatable bonds is 4. The third-order valence-corrected chi connectivity index (χ3v) is 4.60. The van der Waals surface area contributed by atoms with Gasteiger partial charge in [-0.2, -0.15) is 0 Å². The van der Waals surface area contributed by atoms with Crippen molar-refractivity contribution < 1.29 is 14.3 Å². The summed E-state index contributed by atoms with van der Waals surface area (Å²) in [5.74, 6) is -0.986. The molecule has 0 saturated heterocycles. The molecule has 0 atom stereocenters. The molecule has 1 aromatic heterocycles. The molecule has 138 valence electrons. The lowest BCUT2D eigenvalue weighted by Crippen LogP contribution is -2.21. The predicted octanol–water partition coefficient (Wildman–Crippen LogP) is 4.11. The Morgan fingerprint density at radius 2 is 1.70 bits per heavy atom. The zero-order valence-corrected chi connectivity index (χ0v) is 16.8. The van der Waals surface area contributed by atoms with Crippen molar-refractivity contribution in [1.82, 2.24) is 9.97 Å². The Morgan fingerprint density at radius 1 is 1.00 bits per heavy atom. The van der Waals surface area contributed by atoms with E-state index in [0.717, 1.165) is 21.4 Å². The topological polar surface area (TPSA) is 81.2 Å². The average Bonchev–Trinajstić information content (AvgIpc) is 2.62. The van der Waals surface area contributed by atoms with E-state index in [1.54, 1.807) is 24.3 Å². The maximum absolute atomic E-state index is 12.3. The molecule has 0 saturated carbocycles. The summed E-state index contributed by atoms with van der Waals surface area (Å²) in [7, 11) is 0. The van der Waals surface area contributed by atoms with E-state index in [1.165, 1.54) is 0 Å². The van der Waals surface area contributed by atoms with Crippen molar-refractivity contribution in [1.29, 1.82) is 0 Å². The summed E-state index contributed by atoms with van der Waals surface area (Å²) in [4.78, 5) is 33.2. The fourth-order valence-corrected chi connectivity index (χ4v) is 3.00. The maximum atomic E-state index is 12.3. The van der Waals surface area contributed by atoms with E-state index in [0.29, 0.717) is 22.3 Å². The van der Waals surface area contributed by atoms with Gasteiger partial charge in [-0.1, -0.05) is 15.9 Å². The van der Waals surface area contributed by atoms with Crippen molar-refractivity contribution in [2.24, 2.45) is 0 Å². The summed E-state index contributed by atoms with van der Waals surface area (Å²) in [5, 5.41) is 2.73. The summed E-state index contributed by atoms with van der Waals surface area (Å²) in [6.45, 7) is 5.26. The van der Waals surface area contributed by atoms with Gasteiger partial charge in [0.2, 0.25) is 0 Å². The average molecular weight is 428 g/mol. The SMILES string of the molecule is Cc1cc(Br)ccc1NC(=O)COC(=O)c1ccc2nc(C)c(C)nc2c1. The summed E-state index contributed by atoms with van der Waals surface area (Å²) in [5.41, 5.74) is 4.87. The molecule has 27 heavy (non-hydrogen) atoms. The minimum absolute atomic E-state index is 0.327. The molecular formula is C20H18BrN3O3. The summed E-state index contributed by atoms with van der Waals surface area (Å²) in [6.07, 6.45) is 0. The zero-order valence-electron chi connectivity index (χ0n) is 15.2. The summed E-state index contributed by atoms with van der Waals surface area (Å²) in [6, 6.07) is 10.5. The van der Waals surface area contributed by atoms with E-state index >= 15 is 0 Å². The van der Waals surface area contributed by atoms with Gasteiger partial charge in [0.15, 0.2) is 6.61 Å². The first-order valence-electron chi connectivity index (χ1n) is 8.31. The van der Waals surface area contributed by atoms with E-state index in [1.807, 2.05) is 32.9 Å². The van der Waals surface area contributed by atoms with Gasteiger partial charge >= 0.3 is 5.97 Å². The molecule has 0 aliphatic carbocycles. The monoisotopic (exact) mass is 427 g/mol. The van der Waals surface area contributed by atoms with Crippen molar-refractivity contribution in [2.45, 2.75) is 20.8 Å².